The normalized spacial score (nSPS) is 13.8. The fraction of sp³-hybridized carbons (Fsp3) is 0.500. The van der Waals surface area contributed by atoms with E-state index in [1.165, 1.54) is 0 Å². The molecule has 33 heavy (non-hydrogen) atoms. The van der Waals surface area contributed by atoms with E-state index >= 15 is 0 Å². The van der Waals surface area contributed by atoms with Crippen molar-refractivity contribution in [2.45, 2.75) is 89.6 Å². The first-order chi connectivity index (χ1) is 16.0. The number of unbranched alkanes of at least 4 members (excludes halogenated alkanes) is 3. The van der Waals surface area contributed by atoms with Gasteiger partial charge in [-0.05, 0) is 86.8 Å². The third-order valence-electron chi connectivity index (χ3n) is 6.29. The molecule has 0 aromatic heterocycles. The van der Waals surface area contributed by atoms with E-state index in [2.05, 4.69) is 0 Å². The Labute approximate surface area is 196 Å². The number of phenolic OH excluding ortho intramolecular Hbond substituents is 2. The molecule has 0 spiro atoms. The Hall–Kier alpha value is -2.82. The molecular formula is C28H36O5. The largest absolute Gasteiger partial charge is 0.508 e. The standard InChI is InChI=1S/C28H36O5/c29-23-11-7-9-21(18-23)8-3-1-2-4-10-24(30)20-25(31)16-14-22-15-17-27(32)28(19-22)33-26-12-5-6-13-26/h7,9,11,15,17-19,26,29,32H,1-6,8,10,12-14,16,20H2. The zero-order valence-electron chi connectivity index (χ0n) is 19.4. The molecule has 1 saturated carbocycles. The molecule has 1 aliphatic carbocycles. The van der Waals surface area contributed by atoms with Crippen molar-refractivity contribution in [3.63, 3.8) is 0 Å². The van der Waals surface area contributed by atoms with Crippen LogP contribution < -0.4 is 4.74 Å². The molecule has 0 atom stereocenters. The maximum absolute atomic E-state index is 12.3. The number of ketones is 2. The van der Waals surface area contributed by atoms with E-state index in [-0.39, 0.29) is 29.8 Å². The molecule has 5 heteroatoms. The summed E-state index contributed by atoms with van der Waals surface area (Å²) in [7, 11) is 0. The van der Waals surface area contributed by atoms with Crippen molar-refractivity contribution in [2.24, 2.45) is 0 Å². The predicted molar refractivity (Wildman–Crippen MR) is 129 cm³/mol. The third kappa shape index (κ3) is 8.91. The molecule has 0 unspecified atom stereocenters. The second-order valence-corrected chi connectivity index (χ2v) is 9.16. The second-order valence-electron chi connectivity index (χ2n) is 9.16. The third-order valence-corrected chi connectivity index (χ3v) is 6.29. The summed E-state index contributed by atoms with van der Waals surface area (Å²) in [6.45, 7) is 0. The zero-order valence-corrected chi connectivity index (χ0v) is 19.4. The second kappa shape index (κ2) is 13.0. The molecule has 2 aromatic rings. The summed E-state index contributed by atoms with van der Waals surface area (Å²) in [5.41, 5.74) is 2.07. The van der Waals surface area contributed by atoms with Gasteiger partial charge in [-0.15, -0.1) is 0 Å². The fourth-order valence-electron chi connectivity index (χ4n) is 4.39. The van der Waals surface area contributed by atoms with Crippen molar-refractivity contribution in [3.05, 3.63) is 53.6 Å². The van der Waals surface area contributed by atoms with Crippen molar-refractivity contribution in [1.82, 2.24) is 0 Å². The maximum Gasteiger partial charge on any atom is 0.161 e. The number of aryl methyl sites for hydroxylation is 2. The summed E-state index contributed by atoms with van der Waals surface area (Å²) < 4.78 is 5.92. The molecule has 2 aromatic carbocycles. The van der Waals surface area contributed by atoms with Gasteiger partial charge >= 0.3 is 0 Å². The summed E-state index contributed by atoms with van der Waals surface area (Å²) >= 11 is 0. The molecular weight excluding hydrogens is 416 g/mol. The Bertz CT molecular complexity index is 914. The topological polar surface area (TPSA) is 83.8 Å². The van der Waals surface area contributed by atoms with Gasteiger partial charge in [0.05, 0.1) is 12.5 Å². The lowest BCUT2D eigenvalue weighted by molar-refractivity contribution is -0.127. The number of benzene rings is 2. The van der Waals surface area contributed by atoms with Crippen LogP contribution in [0.2, 0.25) is 0 Å². The molecule has 2 N–H and O–H groups in total. The lowest BCUT2D eigenvalue weighted by Crippen LogP contribution is -2.11. The van der Waals surface area contributed by atoms with Crippen LogP contribution in [0.4, 0.5) is 0 Å². The summed E-state index contributed by atoms with van der Waals surface area (Å²) in [4.78, 5) is 24.4. The molecule has 5 nitrogen and oxygen atoms in total. The van der Waals surface area contributed by atoms with E-state index in [0.717, 1.165) is 68.9 Å². The summed E-state index contributed by atoms with van der Waals surface area (Å²) in [6.07, 6.45) is 10.6. The quantitative estimate of drug-likeness (QED) is 0.268. The number of ether oxygens (including phenoxy) is 1. The molecule has 0 bridgehead atoms. The van der Waals surface area contributed by atoms with Crippen molar-refractivity contribution >= 4 is 11.6 Å². The lowest BCUT2D eigenvalue weighted by Gasteiger charge is -2.15. The van der Waals surface area contributed by atoms with E-state index in [1.54, 1.807) is 18.2 Å². The van der Waals surface area contributed by atoms with Crippen LogP contribution in [0, 0.1) is 0 Å². The number of aromatic hydroxyl groups is 2. The predicted octanol–water partition coefficient (Wildman–Crippen LogP) is 6.07. The average Bonchev–Trinajstić information content (AvgIpc) is 3.30. The van der Waals surface area contributed by atoms with Crippen molar-refractivity contribution in [3.8, 4) is 17.2 Å². The van der Waals surface area contributed by atoms with Crippen LogP contribution in [0.15, 0.2) is 42.5 Å². The summed E-state index contributed by atoms with van der Waals surface area (Å²) in [5, 5.41) is 19.5. The minimum atomic E-state index is -0.0322. The van der Waals surface area contributed by atoms with Crippen LogP contribution in [0.5, 0.6) is 17.2 Å². The SMILES string of the molecule is O=C(CCCCCCc1cccc(O)c1)CC(=O)CCc1ccc(O)c(OC2CCCC2)c1. The lowest BCUT2D eigenvalue weighted by atomic mass is 10.0. The molecule has 0 heterocycles. The number of phenols is 2. The van der Waals surface area contributed by atoms with E-state index in [1.807, 2.05) is 24.3 Å². The molecule has 178 valence electrons. The van der Waals surface area contributed by atoms with Gasteiger partial charge in [0, 0.05) is 12.8 Å². The highest BCUT2D eigenvalue weighted by molar-refractivity contribution is 5.99. The van der Waals surface area contributed by atoms with E-state index in [0.29, 0.717) is 30.8 Å². The number of carbonyl (C=O) groups is 2. The van der Waals surface area contributed by atoms with Crippen LogP contribution >= 0.6 is 0 Å². The minimum absolute atomic E-state index is 0.00675. The smallest absolute Gasteiger partial charge is 0.161 e. The van der Waals surface area contributed by atoms with Crippen LogP contribution in [-0.2, 0) is 22.4 Å². The molecule has 3 rings (SSSR count). The van der Waals surface area contributed by atoms with Crippen molar-refractivity contribution in [2.75, 3.05) is 0 Å². The van der Waals surface area contributed by atoms with E-state index in [9.17, 15) is 19.8 Å². The minimum Gasteiger partial charge on any atom is -0.508 e. The molecule has 1 aliphatic rings. The highest BCUT2D eigenvalue weighted by atomic mass is 16.5. The van der Waals surface area contributed by atoms with Gasteiger partial charge in [-0.2, -0.15) is 0 Å². The van der Waals surface area contributed by atoms with Gasteiger partial charge in [-0.1, -0.05) is 31.0 Å². The van der Waals surface area contributed by atoms with Crippen molar-refractivity contribution < 1.29 is 24.5 Å². The highest BCUT2D eigenvalue weighted by Crippen LogP contribution is 2.32. The van der Waals surface area contributed by atoms with Crippen molar-refractivity contribution in [1.29, 1.82) is 0 Å². The van der Waals surface area contributed by atoms with Gasteiger partial charge in [0.1, 0.15) is 17.3 Å². The van der Waals surface area contributed by atoms with Crippen LogP contribution in [0.25, 0.3) is 0 Å². The fourth-order valence-corrected chi connectivity index (χ4v) is 4.39. The molecule has 1 fully saturated rings. The van der Waals surface area contributed by atoms with Gasteiger partial charge in [-0.25, -0.2) is 0 Å². The number of carbonyl (C=O) groups excluding carboxylic acids is 2. The summed E-state index contributed by atoms with van der Waals surface area (Å²) in [6, 6.07) is 12.6. The maximum atomic E-state index is 12.3. The number of hydrogen-bond donors (Lipinski definition) is 2. The molecule has 0 aliphatic heterocycles. The monoisotopic (exact) mass is 452 g/mol. The van der Waals surface area contributed by atoms with E-state index in [4.69, 9.17) is 4.74 Å². The zero-order chi connectivity index (χ0) is 23.5. The van der Waals surface area contributed by atoms with Gasteiger partial charge < -0.3 is 14.9 Å². The Balaban J connectivity index is 1.29. The van der Waals surface area contributed by atoms with E-state index < -0.39 is 0 Å². The van der Waals surface area contributed by atoms with Gasteiger partial charge in [0.25, 0.3) is 0 Å². The first-order valence-corrected chi connectivity index (χ1v) is 12.3. The molecule has 0 radical (unpaired) electrons. The Morgan fingerprint density at radius 3 is 2.33 bits per heavy atom. The first-order valence-electron chi connectivity index (χ1n) is 12.3. The van der Waals surface area contributed by atoms with Gasteiger partial charge in [0.2, 0.25) is 0 Å². The first kappa shape index (κ1) is 24.8. The van der Waals surface area contributed by atoms with Gasteiger partial charge in [0.15, 0.2) is 11.5 Å². The Morgan fingerprint density at radius 1 is 0.818 bits per heavy atom. The molecule has 0 saturated heterocycles. The average molecular weight is 453 g/mol. The number of hydrogen-bond acceptors (Lipinski definition) is 5. The Kier molecular flexibility index (Phi) is 9.79. The van der Waals surface area contributed by atoms with Crippen LogP contribution in [0.3, 0.4) is 0 Å². The highest BCUT2D eigenvalue weighted by Gasteiger charge is 2.18. The molecule has 0 amide bonds. The summed E-state index contributed by atoms with van der Waals surface area (Å²) in [5.74, 6) is 0.909. The van der Waals surface area contributed by atoms with Crippen LogP contribution in [0.1, 0.15) is 81.8 Å². The number of Topliss-reactive ketones (excluding diaryl/α,β-unsaturated/α-hetero) is 2. The van der Waals surface area contributed by atoms with Crippen LogP contribution in [-0.4, -0.2) is 27.9 Å². The number of rotatable bonds is 14. The Morgan fingerprint density at radius 2 is 1.55 bits per heavy atom. The van der Waals surface area contributed by atoms with Gasteiger partial charge in [-0.3, -0.25) is 9.59 Å².